The molecule has 1 fully saturated rings. The van der Waals surface area contributed by atoms with Crippen molar-refractivity contribution in [3.05, 3.63) is 28.3 Å². The molecule has 0 spiro atoms. The number of aryl methyl sites for hydroxylation is 1. The summed E-state index contributed by atoms with van der Waals surface area (Å²) in [4.78, 5) is 14.0. The summed E-state index contributed by atoms with van der Waals surface area (Å²) in [5.41, 5.74) is 1.84. The second-order valence-corrected chi connectivity index (χ2v) is 5.12. The molecule has 4 heteroatoms. The van der Waals surface area contributed by atoms with Gasteiger partial charge in [0.1, 0.15) is 5.75 Å². The molecule has 0 unspecified atom stereocenters. The van der Waals surface area contributed by atoms with Gasteiger partial charge in [-0.25, -0.2) is 0 Å². The van der Waals surface area contributed by atoms with E-state index in [2.05, 4.69) is 0 Å². The maximum atomic E-state index is 12.1. The lowest BCUT2D eigenvalue weighted by Crippen LogP contribution is -2.29. The quantitative estimate of drug-likeness (QED) is 0.843. The Balaban J connectivity index is 2.19. The maximum Gasteiger partial charge on any atom is 0.227 e. The summed E-state index contributed by atoms with van der Waals surface area (Å²) >= 11 is 6.04. The summed E-state index contributed by atoms with van der Waals surface area (Å²) in [6, 6.07) is 3.67. The van der Waals surface area contributed by atoms with E-state index >= 15 is 0 Å². The molecular formula is C14H18ClNO2. The van der Waals surface area contributed by atoms with Crippen molar-refractivity contribution in [3.63, 3.8) is 0 Å². The first-order chi connectivity index (χ1) is 8.61. The number of nitrogens with zero attached hydrogens (tertiary/aromatic N) is 1. The zero-order chi connectivity index (χ0) is 13.1. The Kier molecular flexibility index (Phi) is 4.12. The predicted octanol–water partition coefficient (Wildman–Crippen LogP) is 2.82. The smallest absolute Gasteiger partial charge is 0.227 e. The van der Waals surface area contributed by atoms with Gasteiger partial charge in [-0.2, -0.15) is 0 Å². The van der Waals surface area contributed by atoms with Gasteiger partial charge in [-0.3, -0.25) is 4.79 Å². The van der Waals surface area contributed by atoms with Gasteiger partial charge in [0.15, 0.2) is 0 Å². The third-order valence-electron chi connectivity index (χ3n) is 3.32. The molecule has 0 saturated carbocycles. The molecule has 1 amide bonds. The van der Waals surface area contributed by atoms with Crippen LogP contribution < -0.4 is 4.74 Å². The summed E-state index contributed by atoms with van der Waals surface area (Å²) in [7, 11) is 1.63. The minimum Gasteiger partial charge on any atom is -0.496 e. The normalized spacial score (nSPS) is 14.9. The highest BCUT2D eigenvalue weighted by Crippen LogP contribution is 2.28. The molecule has 0 aromatic heterocycles. The lowest BCUT2D eigenvalue weighted by Gasteiger charge is -2.17. The zero-order valence-electron chi connectivity index (χ0n) is 10.8. The third-order valence-corrected chi connectivity index (χ3v) is 3.54. The van der Waals surface area contributed by atoms with Crippen molar-refractivity contribution in [1.82, 2.24) is 4.90 Å². The molecule has 0 N–H and O–H groups in total. The number of hydrogen-bond acceptors (Lipinski definition) is 2. The van der Waals surface area contributed by atoms with E-state index in [4.69, 9.17) is 16.3 Å². The number of carbonyl (C=O) groups excluding carboxylic acids is 1. The number of benzene rings is 1. The highest BCUT2D eigenvalue weighted by molar-refractivity contribution is 6.30. The molecule has 3 nitrogen and oxygen atoms in total. The monoisotopic (exact) mass is 267 g/mol. The van der Waals surface area contributed by atoms with Crippen molar-refractivity contribution < 1.29 is 9.53 Å². The SMILES string of the molecule is COc1c(C)cc(Cl)cc1CC(=O)N1CCCC1. The second kappa shape index (κ2) is 5.61. The fourth-order valence-corrected chi connectivity index (χ4v) is 2.76. The van der Waals surface area contributed by atoms with Crippen LogP contribution in [0.1, 0.15) is 24.0 Å². The van der Waals surface area contributed by atoms with Gasteiger partial charge in [0.2, 0.25) is 5.91 Å². The minimum atomic E-state index is 0.160. The Morgan fingerprint density at radius 2 is 2.06 bits per heavy atom. The number of likely N-dealkylation sites (tertiary alicyclic amines) is 1. The maximum absolute atomic E-state index is 12.1. The molecular weight excluding hydrogens is 250 g/mol. The fourth-order valence-electron chi connectivity index (χ4n) is 2.46. The Bertz CT molecular complexity index is 453. The van der Waals surface area contributed by atoms with E-state index < -0.39 is 0 Å². The van der Waals surface area contributed by atoms with Crippen LogP contribution in [0, 0.1) is 6.92 Å². The number of hydrogen-bond donors (Lipinski definition) is 0. The van der Waals surface area contributed by atoms with Crippen molar-refractivity contribution in [2.45, 2.75) is 26.2 Å². The summed E-state index contributed by atoms with van der Waals surface area (Å²) in [6.45, 7) is 3.69. The zero-order valence-corrected chi connectivity index (χ0v) is 11.6. The van der Waals surface area contributed by atoms with E-state index in [0.29, 0.717) is 11.4 Å². The highest BCUT2D eigenvalue weighted by atomic mass is 35.5. The number of halogens is 1. The van der Waals surface area contributed by atoms with Gasteiger partial charge in [0, 0.05) is 23.7 Å². The van der Waals surface area contributed by atoms with Crippen LogP contribution in [0.2, 0.25) is 5.02 Å². The van der Waals surface area contributed by atoms with Crippen LogP contribution in [-0.2, 0) is 11.2 Å². The van der Waals surface area contributed by atoms with Crippen LogP contribution in [0.3, 0.4) is 0 Å². The van der Waals surface area contributed by atoms with E-state index in [-0.39, 0.29) is 5.91 Å². The topological polar surface area (TPSA) is 29.5 Å². The van der Waals surface area contributed by atoms with Gasteiger partial charge in [0.25, 0.3) is 0 Å². The Labute approximate surface area is 113 Å². The summed E-state index contributed by atoms with van der Waals surface area (Å²) in [6.07, 6.45) is 2.58. The van der Waals surface area contributed by atoms with E-state index in [0.717, 1.165) is 42.8 Å². The molecule has 2 rings (SSSR count). The molecule has 1 aliphatic rings. The van der Waals surface area contributed by atoms with Gasteiger partial charge in [0.05, 0.1) is 13.5 Å². The summed E-state index contributed by atoms with van der Waals surface area (Å²) in [5, 5.41) is 0.650. The molecule has 0 atom stereocenters. The molecule has 0 bridgehead atoms. The Morgan fingerprint density at radius 1 is 1.39 bits per heavy atom. The van der Waals surface area contributed by atoms with Crippen LogP contribution in [0.5, 0.6) is 5.75 Å². The molecule has 1 aromatic rings. The van der Waals surface area contributed by atoms with Crippen LogP contribution >= 0.6 is 11.6 Å². The van der Waals surface area contributed by atoms with Crippen molar-refractivity contribution in [2.75, 3.05) is 20.2 Å². The van der Waals surface area contributed by atoms with Crippen LogP contribution in [-0.4, -0.2) is 31.0 Å². The molecule has 0 aliphatic carbocycles. The lowest BCUT2D eigenvalue weighted by molar-refractivity contribution is -0.129. The van der Waals surface area contributed by atoms with E-state index in [1.807, 2.05) is 24.0 Å². The van der Waals surface area contributed by atoms with Crippen LogP contribution in [0.25, 0.3) is 0 Å². The standard InChI is InChI=1S/C14H18ClNO2/c1-10-7-12(15)8-11(14(10)18-2)9-13(17)16-5-3-4-6-16/h7-8H,3-6,9H2,1-2H3. The van der Waals surface area contributed by atoms with E-state index in [1.165, 1.54) is 0 Å². The van der Waals surface area contributed by atoms with Gasteiger partial charge < -0.3 is 9.64 Å². The molecule has 0 radical (unpaired) electrons. The first kappa shape index (κ1) is 13.2. The molecule has 18 heavy (non-hydrogen) atoms. The first-order valence-electron chi connectivity index (χ1n) is 6.22. The highest BCUT2D eigenvalue weighted by Gasteiger charge is 2.20. The third kappa shape index (κ3) is 2.78. The predicted molar refractivity (Wildman–Crippen MR) is 72.3 cm³/mol. The first-order valence-corrected chi connectivity index (χ1v) is 6.60. The summed E-state index contributed by atoms with van der Waals surface area (Å²) < 4.78 is 5.37. The van der Waals surface area contributed by atoms with Crippen LogP contribution in [0.4, 0.5) is 0 Å². The molecule has 1 heterocycles. The average molecular weight is 268 g/mol. The number of methoxy groups -OCH3 is 1. The van der Waals surface area contributed by atoms with Crippen LogP contribution in [0.15, 0.2) is 12.1 Å². The largest absolute Gasteiger partial charge is 0.496 e. The van der Waals surface area contributed by atoms with E-state index in [9.17, 15) is 4.79 Å². The van der Waals surface area contributed by atoms with E-state index in [1.54, 1.807) is 7.11 Å². The van der Waals surface area contributed by atoms with Gasteiger partial charge >= 0.3 is 0 Å². The molecule has 1 aliphatic heterocycles. The summed E-state index contributed by atoms with van der Waals surface area (Å²) in [5.74, 6) is 0.930. The molecule has 1 aromatic carbocycles. The second-order valence-electron chi connectivity index (χ2n) is 4.68. The Morgan fingerprint density at radius 3 is 2.67 bits per heavy atom. The number of amides is 1. The van der Waals surface area contributed by atoms with Gasteiger partial charge in [-0.1, -0.05) is 11.6 Å². The fraction of sp³-hybridized carbons (Fsp3) is 0.500. The number of rotatable bonds is 3. The van der Waals surface area contributed by atoms with Crippen molar-refractivity contribution in [1.29, 1.82) is 0 Å². The average Bonchev–Trinajstić information content (AvgIpc) is 2.81. The van der Waals surface area contributed by atoms with Crippen molar-refractivity contribution in [3.8, 4) is 5.75 Å². The lowest BCUT2D eigenvalue weighted by atomic mass is 10.1. The van der Waals surface area contributed by atoms with Gasteiger partial charge in [-0.15, -0.1) is 0 Å². The molecule has 98 valence electrons. The number of carbonyl (C=O) groups is 1. The minimum absolute atomic E-state index is 0.160. The van der Waals surface area contributed by atoms with Crippen molar-refractivity contribution in [2.24, 2.45) is 0 Å². The van der Waals surface area contributed by atoms with Gasteiger partial charge in [-0.05, 0) is 37.5 Å². The number of ether oxygens (including phenoxy) is 1. The van der Waals surface area contributed by atoms with Crippen molar-refractivity contribution >= 4 is 17.5 Å². The Hall–Kier alpha value is -1.22. The molecule has 1 saturated heterocycles.